The van der Waals surface area contributed by atoms with Gasteiger partial charge in [0, 0.05) is 36.8 Å². The van der Waals surface area contributed by atoms with Crippen LogP contribution in [-0.4, -0.2) is 77.7 Å². The minimum atomic E-state index is -0.602. The molecule has 0 saturated heterocycles. The first kappa shape index (κ1) is 28.6. The summed E-state index contributed by atoms with van der Waals surface area (Å²) in [5.41, 5.74) is 1.46. The van der Waals surface area contributed by atoms with Crippen LogP contribution >= 0.6 is 0 Å². The minimum Gasteiger partial charge on any atom is -0.497 e. The Balaban J connectivity index is 1.65. The first-order valence-electron chi connectivity index (χ1n) is 13.0. The van der Waals surface area contributed by atoms with E-state index in [2.05, 4.69) is 16.8 Å². The van der Waals surface area contributed by atoms with E-state index in [0.717, 1.165) is 11.3 Å². The van der Waals surface area contributed by atoms with Crippen molar-refractivity contribution in [1.29, 1.82) is 0 Å². The fraction of sp³-hybridized carbons (Fsp3) is 0.323. The maximum Gasteiger partial charge on any atom is 0.259 e. The number of halogens is 1. The van der Waals surface area contributed by atoms with Crippen molar-refractivity contribution in [3.05, 3.63) is 88.9 Å². The van der Waals surface area contributed by atoms with Gasteiger partial charge in [0.1, 0.15) is 23.2 Å². The Morgan fingerprint density at radius 3 is 2.60 bits per heavy atom. The molecule has 2 heterocycles. The number of rotatable bonds is 6. The molecule has 0 bridgehead atoms. The highest BCUT2D eigenvalue weighted by atomic mass is 19.1. The predicted octanol–water partition coefficient (Wildman–Crippen LogP) is 3.62. The molecular weight excluding hydrogens is 513 g/mol. The van der Waals surface area contributed by atoms with E-state index in [9.17, 15) is 19.1 Å². The zero-order chi connectivity index (χ0) is 28.8. The number of nitrogens with zero attached hydrogens (tertiary/aromatic N) is 3. The van der Waals surface area contributed by atoms with Crippen molar-refractivity contribution in [2.75, 3.05) is 33.9 Å². The van der Waals surface area contributed by atoms with Crippen LogP contribution in [0.1, 0.15) is 45.7 Å². The van der Waals surface area contributed by atoms with Gasteiger partial charge in [-0.1, -0.05) is 30.9 Å². The van der Waals surface area contributed by atoms with E-state index in [1.165, 1.54) is 29.3 Å². The van der Waals surface area contributed by atoms with Crippen LogP contribution < -0.4 is 9.47 Å². The highest BCUT2D eigenvalue weighted by Crippen LogP contribution is 2.27. The Labute approximate surface area is 233 Å². The van der Waals surface area contributed by atoms with Crippen LogP contribution in [0.5, 0.6) is 11.6 Å². The van der Waals surface area contributed by atoms with Gasteiger partial charge in [-0.05, 0) is 49.4 Å². The van der Waals surface area contributed by atoms with Crippen molar-refractivity contribution in [1.82, 2.24) is 14.8 Å². The Bertz CT molecular complexity index is 1430. The van der Waals surface area contributed by atoms with Gasteiger partial charge in [-0.3, -0.25) is 9.59 Å². The van der Waals surface area contributed by atoms with Crippen molar-refractivity contribution < 1.29 is 28.6 Å². The van der Waals surface area contributed by atoms with Crippen LogP contribution in [0.4, 0.5) is 4.39 Å². The van der Waals surface area contributed by atoms with Crippen molar-refractivity contribution in [2.45, 2.75) is 26.0 Å². The molecule has 0 aliphatic carbocycles. The zero-order valence-electron chi connectivity index (χ0n) is 22.9. The predicted molar refractivity (Wildman–Crippen MR) is 148 cm³/mol. The monoisotopic (exact) mass is 545 g/mol. The number of hydrogen-bond acceptors (Lipinski definition) is 6. The zero-order valence-corrected chi connectivity index (χ0v) is 22.9. The van der Waals surface area contributed by atoms with Crippen molar-refractivity contribution in [3.8, 4) is 23.5 Å². The van der Waals surface area contributed by atoms with E-state index in [1.807, 2.05) is 31.2 Å². The summed E-state index contributed by atoms with van der Waals surface area (Å²) in [6, 6.07) is 14.2. The van der Waals surface area contributed by atoms with Crippen molar-refractivity contribution in [2.24, 2.45) is 5.92 Å². The molecule has 0 radical (unpaired) electrons. The Kier molecular flexibility index (Phi) is 9.02. The van der Waals surface area contributed by atoms with E-state index in [4.69, 9.17) is 9.47 Å². The summed E-state index contributed by atoms with van der Waals surface area (Å²) in [5.74, 6) is 5.27. The van der Waals surface area contributed by atoms with Crippen LogP contribution in [0.25, 0.3) is 0 Å². The number of aliphatic hydroxyl groups is 1. The standard InChI is InChI=1S/C31H32FN3O5/c1-20-17-35(21(2)19-36)31(38)26-15-23(10-9-22-11-13-24(39-4)14-12-22)16-33-29(26)40-28(20)18-34(3)30(37)25-7-5-6-8-27(25)32/h5-8,11-16,20-21,28,36H,17-19H2,1-4H3/t20-,21+,28+/m1/s1. The van der Waals surface area contributed by atoms with Gasteiger partial charge >= 0.3 is 0 Å². The Hall–Kier alpha value is -4.42. The molecular formula is C31H32FN3O5. The maximum absolute atomic E-state index is 14.3. The number of amides is 2. The number of carbonyl (C=O) groups is 2. The third kappa shape index (κ3) is 6.41. The molecule has 4 rings (SSSR count). The van der Waals surface area contributed by atoms with E-state index >= 15 is 0 Å². The Morgan fingerprint density at radius 1 is 1.23 bits per heavy atom. The summed E-state index contributed by atoms with van der Waals surface area (Å²) in [6.07, 6.45) is 0.963. The smallest absolute Gasteiger partial charge is 0.259 e. The Morgan fingerprint density at radius 2 is 1.93 bits per heavy atom. The van der Waals surface area contributed by atoms with E-state index in [0.29, 0.717) is 5.56 Å². The topological polar surface area (TPSA) is 92.2 Å². The largest absolute Gasteiger partial charge is 0.497 e. The number of aromatic nitrogens is 1. The normalized spacial score (nSPS) is 17.4. The van der Waals surface area contributed by atoms with Gasteiger partial charge in [0.05, 0.1) is 31.9 Å². The summed E-state index contributed by atoms with van der Waals surface area (Å²) in [7, 11) is 3.17. The van der Waals surface area contributed by atoms with Gasteiger partial charge in [-0.25, -0.2) is 9.37 Å². The molecule has 9 heteroatoms. The molecule has 208 valence electrons. The lowest BCUT2D eigenvalue weighted by molar-refractivity contribution is 0.0312. The number of ether oxygens (including phenoxy) is 2. The number of likely N-dealkylation sites (N-methyl/N-ethyl adjacent to an activating group) is 1. The van der Waals surface area contributed by atoms with Gasteiger partial charge < -0.3 is 24.4 Å². The van der Waals surface area contributed by atoms with E-state index in [1.54, 1.807) is 38.1 Å². The number of aliphatic hydroxyl groups excluding tert-OH is 1. The average Bonchev–Trinajstić information content (AvgIpc) is 2.97. The van der Waals surface area contributed by atoms with Crippen LogP contribution in [-0.2, 0) is 0 Å². The van der Waals surface area contributed by atoms with Gasteiger partial charge in [-0.2, -0.15) is 0 Å². The van der Waals surface area contributed by atoms with E-state index < -0.39 is 23.9 Å². The molecule has 8 nitrogen and oxygen atoms in total. The third-order valence-electron chi connectivity index (χ3n) is 6.87. The summed E-state index contributed by atoms with van der Waals surface area (Å²) < 4.78 is 25.7. The first-order chi connectivity index (χ1) is 19.2. The second kappa shape index (κ2) is 12.6. The van der Waals surface area contributed by atoms with Crippen LogP contribution in [0.15, 0.2) is 60.8 Å². The highest BCUT2D eigenvalue weighted by Gasteiger charge is 2.35. The number of benzene rings is 2. The highest BCUT2D eigenvalue weighted by molar-refractivity contribution is 5.97. The number of hydrogen-bond donors (Lipinski definition) is 1. The van der Waals surface area contributed by atoms with Gasteiger partial charge in [0.25, 0.3) is 11.8 Å². The summed E-state index contributed by atoms with van der Waals surface area (Å²) in [6.45, 7) is 3.83. The lowest BCUT2D eigenvalue weighted by atomic mass is 9.99. The molecule has 0 unspecified atom stereocenters. The quantitative estimate of drug-likeness (QED) is 0.476. The van der Waals surface area contributed by atoms with Gasteiger partial charge in [0.2, 0.25) is 5.88 Å². The number of carbonyl (C=O) groups excluding carboxylic acids is 2. The molecule has 3 atom stereocenters. The average molecular weight is 546 g/mol. The molecule has 1 aromatic heterocycles. The van der Waals surface area contributed by atoms with Gasteiger partial charge in [-0.15, -0.1) is 0 Å². The molecule has 40 heavy (non-hydrogen) atoms. The van der Waals surface area contributed by atoms with Crippen molar-refractivity contribution in [3.63, 3.8) is 0 Å². The molecule has 0 saturated carbocycles. The number of fused-ring (bicyclic) bond motifs is 1. The lowest BCUT2D eigenvalue weighted by Gasteiger charge is -2.37. The molecule has 0 fully saturated rings. The molecule has 1 aliphatic heterocycles. The molecule has 0 spiro atoms. The molecule has 2 amide bonds. The first-order valence-corrected chi connectivity index (χ1v) is 13.0. The molecule has 1 aliphatic rings. The SMILES string of the molecule is COc1ccc(C#Cc2cnc3c(c2)C(=O)N([C@@H](C)CO)C[C@@H](C)[C@H](CN(C)C(=O)c2ccccc2F)O3)cc1. The fourth-order valence-corrected chi connectivity index (χ4v) is 4.40. The summed E-state index contributed by atoms with van der Waals surface area (Å²) in [4.78, 5) is 34.0. The molecule has 2 aromatic carbocycles. The fourth-order valence-electron chi connectivity index (χ4n) is 4.40. The second-order valence-corrected chi connectivity index (χ2v) is 9.84. The number of pyridine rings is 1. The van der Waals surface area contributed by atoms with Crippen LogP contribution in [0.3, 0.4) is 0 Å². The summed E-state index contributed by atoms with van der Waals surface area (Å²) >= 11 is 0. The molecule has 1 N–H and O–H groups in total. The van der Waals surface area contributed by atoms with Gasteiger partial charge in [0.15, 0.2) is 0 Å². The van der Waals surface area contributed by atoms with Crippen molar-refractivity contribution >= 4 is 11.8 Å². The lowest BCUT2D eigenvalue weighted by Crippen LogP contribution is -2.50. The summed E-state index contributed by atoms with van der Waals surface area (Å²) in [5, 5.41) is 9.88. The third-order valence-corrected chi connectivity index (χ3v) is 6.87. The maximum atomic E-state index is 14.3. The second-order valence-electron chi connectivity index (χ2n) is 9.84. The minimum absolute atomic E-state index is 0.0344. The molecule has 3 aromatic rings. The number of methoxy groups -OCH3 is 1. The van der Waals surface area contributed by atoms with E-state index in [-0.39, 0.29) is 48.5 Å². The van der Waals surface area contributed by atoms with Crippen LogP contribution in [0.2, 0.25) is 0 Å². The van der Waals surface area contributed by atoms with Crippen LogP contribution in [0, 0.1) is 23.6 Å².